The van der Waals surface area contributed by atoms with Gasteiger partial charge in [-0.25, -0.2) is 9.50 Å². The molecule has 5 rings (SSSR count). The van der Waals surface area contributed by atoms with Gasteiger partial charge in [0, 0.05) is 35.9 Å². The quantitative estimate of drug-likeness (QED) is 0.488. The fourth-order valence-corrected chi connectivity index (χ4v) is 4.04. The molecule has 4 heterocycles. The van der Waals surface area contributed by atoms with Crippen LogP contribution in [0.15, 0.2) is 54.9 Å². The lowest BCUT2D eigenvalue weighted by molar-refractivity contribution is 0.225. The molecule has 1 aromatic carbocycles. The minimum absolute atomic E-state index is 0.0295. The summed E-state index contributed by atoms with van der Waals surface area (Å²) in [5, 5.41) is 23.1. The molecule has 8 heteroatoms. The zero-order valence-electron chi connectivity index (χ0n) is 17.4. The highest BCUT2D eigenvalue weighted by Gasteiger charge is 2.25. The van der Waals surface area contributed by atoms with Crippen molar-refractivity contribution in [1.82, 2.24) is 14.6 Å². The van der Waals surface area contributed by atoms with Crippen molar-refractivity contribution in [3.63, 3.8) is 0 Å². The van der Waals surface area contributed by atoms with Crippen molar-refractivity contribution in [2.24, 2.45) is 0 Å². The third kappa shape index (κ3) is 3.79. The third-order valence-corrected chi connectivity index (χ3v) is 5.63. The van der Waals surface area contributed by atoms with Crippen molar-refractivity contribution in [3.8, 4) is 41.0 Å². The predicted molar refractivity (Wildman–Crippen MR) is 120 cm³/mol. The smallest absolute Gasteiger partial charge is 0.251 e. The maximum absolute atomic E-state index is 14.1. The van der Waals surface area contributed by atoms with Gasteiger partial charge < -0.3 is 14.7 Å². The van der Waals surface area contributed by atoms with Gasteiger partial charge in [-0.2, -0.15) is 9.65 Å². The van der Waals surface area contributed by atoms with Gasteiger partial charge >= 0.3 is 0 Å². The summed E-state index contributed by atoms with van der Waals surface area (Å²) in [6.45, 7) is 1.48. The lowest BCUT2D eigenvalue weighted by atomic mass is 10.1. The second-order valence-corrected chi connectivity index (χ2v) is 7.73. The van der Waals surface area contributed by atoms with E-state index < -0.39 is 5.95 Å². The van der Waals surface area contributed by atoms with Crippen molar-refractivity contribution >= 4 is 11.3 Å². The summed E-state index contributed by atoms with van der Waals surface area (Å²) in [7, 11) is 0. The van der Waals surface area contributed by atoms with Gasteiger partial charge in [0.2, 0.25) is 0 Å². The van der Waals surface area contributed by atoms with Crippen LogP contribution in [0.3, 0.4) is 0 Å². The lowest BCUT2D eigenvalue weighted by Gasteiger charge is -2.18. The van der Waals surface area contributed by atoms with E-state index in [0.717, 1.165) is 30.1 Å². The molecule has 7 nitrogen and oxygen atoms in total. The van der Waals surface area contributed by atoms with Gasteiger partial charge in [-0.1, -0.05) is 5.92 Å². The number of hydrogen-bond donors (Lipinski definition) is 1. The van der Waals surface area contributed by atoms with E-state index in [2.05, 4.69) is 20.9 Å². The summed E-state index contributed by atoms with van der Waals surface area (Å²) in [5.74, 6) is 3.17. The zero-order chi connectivity index (χ0) is 22.9. The second-order valence-electron chi connectivity index (χ2n) is 7.73. The van der Waals surface area contributed by atoms with Crippen molar-refractivity contribution in [2.45, 2.75) is 12.5 Å². The number of aromatic hydroxyl groups is 1. The number of pyridine rings is 2. The first-order chi connectivity index (χ1) is 16.1. The average Bonchev–Trinajstić information content (AvgIpc) is 3.42. The van der Waals surface area contributed by atoms with Crippen molar-refractivity contribution in [3.05, 3.63) is 71.9 Å². The number of nitriles is 1. The van der Waals surface area contributed by atoms with Crippen LogP contribution < -0.4 is 9.64 Å². The molecule has 33 heavy (non-hydrogen) atoms. The van der Waals surface area contributed by atoms with Crippen LogP contribution in [-0.2, 0) is 0 Å². The fourth-order valence-electron chi connectivity index (χ4n) is 4.04. The van der Waals surface area contributed by atoms with E-state index in [4.69, 9.17) is 11.2 Å². The van der Waals surface area contributed by atoms with Crippen LogP contribution in [0.25, 0.3) is 16.6 Å². The van der Waals surface area contributed by atoms with E-state index in [0.29, 0.717) is 17.7 Å². The normalized spacial score (nSPS) is 15.4. The number of rotatable bonds is 4. The Morgan fingerprint density at radius 2 is 2.03 bits per heavy atom. The standard InChI is InChI=1S/C25H18FN5O2/c1-2-16-3-6-19(7-4-16)33-20-9-10-30(15-20)23-8-5-17(13-28-23)21-11-18(32)14-31-24(21)22(12-27)25(26)29-31/h1,3-8,11,13-14,20,32H,9-10,15H2/t20-/m0/s1. The maximum atomic E-state index is 14.1. The number of ether oxygens (including phenoxy) is 1. The molecule has 162 valence electrons. The van der Waals surface area contributed by atoms with Gasteiger partial charge in [0.1, 0.15) is 35.1 Å². The highest BCUT2D eigenvalue weighted by molar-refractivity contribution is 5.85. The molecule has 3 aromatic heterocycles. The van der Waals surface area contributed by atoms with Crippen LogP contribution in [0, 0.1) is 29.6 Å². The van der Waals surface area contributed by atoms with Crippen LogP contribution in [0.2, 0.25) is 0 Å². The van der Waals surface area contributed by atoms with E-state index >= 15 is 0 Å². The van der Waals surface area contributed by atoms with Gasteiger partial charge in [0.15, 0.2) is 0 Å². The van der Waals surface area contributed by atoms with Gasteiger partial charge in [0.05, 0.1) is 18.3 Å². The molecule has 1 atom stereocenters. The highest BCUT2D eigenvalue weighted by Crippen LogP contribution is 2.32. The maximum Gasteiger partial charge on any atom is 0.251 e. The minimum atomic E-state index is -0.883. The van der Waals surface area contributed by atoms with Crippen molar-refractivity contribution in [1.29, 1.82) is 5.26 Å². The van der Waals surface area contributed by atoms with E-state index in [1.807, 2.05) is 42.5 Å². The van der Waals surface area contributed by atoms with E-state index in [-0.39, 0.29) is 22.9 Å². The van der Waals surface area contributed by atoms with Crippen LogP contribution >= 0.6 is 0 Å². The first-order valence-electron chi connectivity index (χ1n) is 10.3. The van der Waals surface area contributed by atoms with Gasteiger partial charge in [-0.3, -0.25) is 0 Å². The molecule has 1 aliphatic heterocycles. The molecule has 0 bridgehead atoms. The molecular formula is C25H18FN5O2. The Morgan fingerprint density at radius 1 is 1.21 bits per heavy atom. The summed E-state index contributed by atoms with van der Waals surface area (Å²) < 4.78 is 21.3. The number of nitrogens with zero attached hydrogens (tertiary/aromatic N) is 5. The zero-order valence-corrected chi connectivity index (χ0v) is 17.4. The van der Waals surface area contributed by atoms with Gasteiger partial charge in [-0.15, -0.1) is 11.5 Å². The minimum Gasteiger partial charge on any atom is -0.506 e. The Bertz CT molecular complexity index is 1420. The molecule has 1 N–H and O–H groups in total. The van der Waals surface area contributed by atoms with Crippen molar-refractivity contribution in [2.75, 3.05) is 18.0 Å². The molecular weight excluding hydrogens is 421 g/mol. The summed E-state index contributed by atoms with van der Waals surface area (Å²) in [5.41, 5.74) is 2.03. The summed E-state index contributed by atoms with van der Waals surface area (Å²) in [6.07, 6.45) is 9.18. The third-order valence-electron chi connectivity index (χ3n) is 5.63. The monoisotopic (exact) mass is 439 g/mol. The Hall–Kier alpha value is -4.56. The Balaban J connectivity index is 1.35. The van der Waals surface area contributed by atoms with E-state index in [1.54, 1.807) is 6.20 Å². The first kappa shape index (κ1) is 20.3. The number of aromatic nitrogens is 3. The van der Waals surface area contributed by atoms with Gasteiger partial charge in [0.25, 0.3) is 5.95 Å². The van der Waals surface area contributed by atoms with E-state index in [1.165, 1.54) is 16.8 Å². The van der Waals surface area contributed by atoms with E-state index in [9.17, 15) is 14.8 Å². The predicted octanol–water partition coefficient (Wildman–Crippen LogP) is 3.75. The summed E-state index contributed by atoms with van der Waals surface area (Å²) >= 11 is 0. The summed E-state index contributed by atoms with van der Waals surface area (Å²) in [4.78, 5) is 6.69. The number of fused-ring (bicyclic) bond motifs is 1. The lowest BCUT2D eigenvalue weighted by Crippen LogP contribution is -2.25. The second kappa shape index (κ2) is 8.18. The molecule has 0 unspecified atom stereocenters. The summed E-state index contributed by atoms with van der Waals surface area (Å²) in [6, 6.07) is 14.4. The number of hydrogen-bond acceptors (Lipinski definition) is 6. The molecule has 1 fully saturated rings. The molecule has 1 aliphatic rings. The van der Waals surface area contributed by atoms with Crippen LogP contribution in [0.1, 0.15) is 17.5 Å². The number of terminal acetylenes is 1. The number of halogens is 1. The van der Waals surface area contributed by atoms with Crippen LogP contribution in [0.5, 0.6) is 11.5 Å². The number of anilines is 1. The highest BCUT2D eigenvalue weighted by atomic mass is 19.1. The molecule has 0 radical (unpaired) electrons. The Kier molecular flexibility index (Phi) is 5.04. The van der Waals surface area contributed by atoms with Crippen molar-refractivity contribution < 1.29 is 14.2 Å². The Morgan fingerprint density at radius 3 is 2.73 bits per heavy atom. The van der Waals surface area contributed by atoms with Gasteiger partial charge in [-0.05, 0) is 42.5 Å². The topological polar surface area (TPSA) is 86.7 Å². The fraction of sp³-hybridized carbons (Fsp3) is 0.160. The molecule has 0 amide bonds. The molecule has 1 saturated heterocycles. The molecule has 0 saturated carbocycles. The molecule has 0 spiro atoms. The average molecular weight is 439 g/mol. The number of benzene rings is 1. The largest absolute Gasteiger partial charge is 0.506 e. The molecule has 4 aromatic rings. The Labute approximate surface area is 189 Å². The molecule has 0 aliphatic carbocycles. The SMILES string of the molecule is C#Cc1ccc(O[C@H]2CCN(c3ccc(-c4cc(O)cn5nc(F)c(C#N)c45)cn3)C2)cc1. The van der Waals surface area contributed by atoms with Crippen LogP contribution in [-0.4, -0.2) is 38.9 Å². The first-order valence-corrected chi connectivity index (χ1v) is 10.3. The van der Waals surface area contributed by atoms with Crippen LogP contribution in [0.4, 0.5) is 10.2 Å².